The molecule has 0 radical (unpaired) electrons. The zero-order valence-electron chi connectivity index (χ0n) is 16.0. The van der Waals surface area contributed by atoms with Gasteiger partial charge in [0.2, 0.25) is 5.91 Å². The van der Waals surface area contributed by atoms with Crippen molar-refractivity contribution in [2.75, 3.05) is 11.1 Å². The molecule has 29 heavy (non-hydrogen) atoms. The summed E-state index contributed by atoms with van der Waals surface area (Å²) < 4.78 is 2.72. The third-order valence-electron chi connectivity index (χ3n) is 4.11. The van der Waals surface area contributed by atoms with E-state index >= 15 is 0 Å². The first-order valence-electron chi connectivity index (χ1n) is 8.84. The SMILES string of the molecule is Cc1ccc(C(=O)NCc2nnc(SCC(=O)Nc3ccc(Br)cc3)n2C)cc1. The number of thioether (sulfide) groups is 1. The smallest absolute Gasteiger partial charge is 0.251 e. The van der Waals surface area contributed by atoms with Crippen molar-refractivity contribution in [3.63, 3.8) is 0 Å². The Morgan fingerprint density at radius 3 is 2.45 bits per heavy atom. The van der Waals surface area contributed by atoms with Crippen LogP contribution in [0.2, 0.25) is 0 Å². The summed E-state index contributed by atoms with van der Waals surface area (Å²) in [5.74, 6) is 0.518. The van der Waals surface area contributed by atoms with Crippen molar-refractivity contribution in [3.8, 4) is 0 Å². The van der Waals surface area contributed by atoms with Gasteiger partial charge in [-0.1, -0.05) is 45.4 Å². The third-order valence-corrected chi connectivity index (χ3v) is 5.66. The maximum Gasteiger partial charge on any atom is 0.251 e. The minimum atomic E-state index is -0.170. The number of carbonyl (C=O) groups excluding carboxylic acids is 2. The number of hydrogen-bond acceptors (Lipinski definition) is 5. The lowest BCUT2D eigenvalue weighted by Crippen LogP contribution is -2.24. The summed E-state index contributed by atoms with van der Waals surface area (Å²) in [5.41, 5.74) is 2.42. The zero-order valence-corrected chi connectivity index (χ0v) is 18.4. The minimum absolute atomic E-state index is 0.130. The van der Waals surface area contributed by atoms with Crippen molar-refractivity contribution in [3.05, 3.63) is 70.0 Å². The van der Waals surface area contributed by atoms with Crippen molar-refractivity contribution < 1.29 is 9.59 Å². The van der Waals surface area contributed by atoms with Crippen molar-refractivity contribution >= 4 is 45.2 Å². The molecule has 0 aliphatic carbocycles. The van der Waals surface area contributed by atoms with Gasteiger partial charge in [0.15, 0.2) is 11.0 Å². The van der Waals surface area contributed by atoms with E-state index in [1.165, 1.54) is 11.8 Å². The van der Waals surface area contributed by atoms with E-state index in [9.17, 15) is 9.59 Å². The molecule has 7 nitrogen and oxygen atoms in total. The number of amides is 2. The second-order valence-corrected chi connectivity index (χ2v) is 8.21. The van der Waals surface area contributed by atoms with Crippen LogP contribution >= 0.6 is 27.7 Å². The molecule has 0 atom stereocenters. The lowest BCUT2D eigenvalue weighted by Gasteiger charge is -2.07. The second kappa shape index (κ2) is 9.71. The van der Waals surface area contributed by atoms with Gasteiger partial charge < -0.3 is 15.2 Å². The van der Waals surface area contributed by atoms with Gasteiger partial charge in [-0.2, -0.15) is 0 Å². The maximum absolute atomic E-state index is 12.2. The van der Waals surface area contributed by atoms with Gasteiger partial charge in [-0.15, -0.1) is 10.2 Å². The van der Waals surface area contributed by atoms with Crippen LogP contribution in [0.3, 0.4) is 0 Å². The number of nitrogens with one attached hydrogen (secondary N) is 2. The van der Waals surface area contributed by atoms with E-state index in [2.05, 4.69) is 36.8 Å². The quantitative estimate of drug-likeness (QED) is 0.512. The highest BCUT2D eigenvalue weighted by Gasteiger charge is 2.13. The van der Waals surface area contributed by atoms with Crippen LogP contribution in [0.1, 0.15) is 21.7 Å². The summed E-state index contributed by atoms with van der Waals surface area (Å²) in [6.07, 6.45) is 0. The van der Waals surface area contributed by atoms with Crippen molar-refractivity contribution in [1.29, 1.82) is 0 Å². The Morgan fingerprint density at radius 1 is 1.07 bits per heavy atom. The average Bonchev–Trinajstić information content (AvgIpc) is 3.06. The Kier molecular flexibility index (Phi) is 7.05. The van der Waals surface area contributed by atoms with Crippen molar-refractivity contribution in [1.82, 2.24) is 20.1 Å². The van der Waals surface area contributed by atoms with Crippen LogP contribution in [-0.4, -0.2) is 32.3 Å². The van der Waals surface area contributed by atoms with Crippen LogP contribution in [0.4, 0.5) is 5.69 Å². The molecule has 0 aliphatic rings. The molecule has 150 valence electrons. The first kappa shape index (κ1) is 21.1. The predicted octanol–water partition coefficient (Wildman–Crippen LogP) is 3.55. The molecular weight excluding hydrogens is 454 g/mol. The number of halogens is 1. The van der Waals surface area contributed by atoms with Crippen LogP contribution < -0.4 is 10.6 Å². The van der Waals surface area contributed by atoms with Gasteiger partial charge in [0.25, 0.3) is 5.91 Å². The summed E-state index contributed by atoms with van der Waals surface area (Å²) in [6, 6.07) is 14.7. The molecule has 0 saturated heterocycles. The number of rotatable bonds is 7. The average molecular weight is 474 g/mol. The first-order chi connectivity index (χ1) is 13.9. The molecule has 0 spiro atoms. The van der Waals surface area contributed by atoms with Gasteiger partial charge in [0.1, 0.15) is 0 Å². The molecule has 0 saturated carbocycles. The monoisotopic (exact) mass is 473 g/mol. The summed E-state index contributed by atoms with van der Waals surface area (Å²) in [6.45, 7) is 2.22. The lowest BCUT2D eigenvalue weighted by molar-refractivity contribution is -0.113. The Morgan fingerprint density at radius 2 is 1.76 bits per heavy atom. The topological polar surface area (TPSA) is 88.9 Å². The number of hydrogen-bond donors (Lipinski definition) is 2. The van der Waals surface area contributed by atoms with Gasteiger partial charge in [0.05, 0.1) is 12.3 Å². The first-order valence-corrected chi connectivity index (χ1v) is 10.6. The zero-order chi connectivity index (χ0) is 20.8. The van der Waals surface area contributed by atoms with Gasteiger partial charge in [-0.05, 0) is 43.3 Å². The highest BCUT2D eigenvalue weighted by atomic mass is 79.9. The fourth-order valence-corrected chi connectivity index (χ4v) is 3.45. The van der Waals surface area contributed by atoms with E-state index in [0.717, 1.165) is 15.7 Å². The highest BCUT2D eigenvalue weighted by Crippen LogP contribution is 2.18. The number of aromatic nitrogens is 3. The van der Waals surface area contributed by atoms with Crippen molar-refractivity contribution in [2.45, 2.75) is 18.6 Å². The summed E-state index contributed by atoms with van der Waals surface area (Å²) in [7, 11) is 1.81. The Labute approximate surface area is 181 Å². The second-order valence-electron chi connectivity index (χ2n) is 6.35. The molecular formula is C20H20BrN5O2S. The molecule has 9 heteroatoms. The molecule has 2 N–H and O–H groups in total. The normalized spacial score (nSPS) is 10.6. The van der Waals surface area contributed by atoms with Gasteiger partial charge in [-0.25, -0.2) is 0 Å². The van der Waals surface area contributed by atoms with Crippen LogP contribution in [0.15, 0.2) is 58.2 Å². The van der Waals surface area contributed by atoms with E-state index in [-0.39, 0.29) is 24.1 Å². The van der Waals surface area contributed by atoms with Crippen LogP contribution in [0, 0.1) is 6.92 Å². The summed E-state index contributed by atoms with van der Waals surface area (Å²) in [4.78, 5) is 24.4. The fraction of sp³-hybridized carbons (Fsp3) is 0.200. The van der Waals surface area contributed by atoms with E-state index in [1.54, 1.807) is 16.7 Å². The van der Waals surface area contributed by atoms with E-state index in [0.29, 0.717) is 16.5 Å². The summed E-state index contributed by atoms with van der Waals surface area (Å²) in [5, 5.41) is 14.5. The number of carbonyl (C=O) groups is 2. The van der Waals surface area contributed by atoms with E-state index in [1.807, 2.05) is 50.4 Å². The van der Waals surface area contributed by atoms with E-state index in [4.69, 9.17) is 0 Å². The van der Waals surface area contributed by atoms with Gasteiger partial charge in [0, 0.05) is 22.8 Å². The van der Waals surface area contributed by atoms with E-state index < -0.39 is 0 Å². The van der Waals surface area contributed by atoms with Crippen LogP contribution in [-0.2, 0) is 18.4 Å². The predicted molar refractivity (Wildman–Crippen MR) is 117 cm³/mol. The fourth-order valence-electron chi connectivity index (χ4n) is 2.45. The molecule has 1 heterocycles. The highest BCUT2D eigenvalue weighted by molar-refractivity contribution is 9.10. The molecule has 0 aliphatic heterocycles. The number of aryl methyl sites for hydroxylation is 1. The standard InChI is InChI=1S/C20H20BrN5O2S/c1-13-3-5-14(6-4-13)19(28)22-11-17-24-25-20(26(17)2)29-12-18(27)23-16-9-7-15(21)8-10-16/h3-10H,11-12H2,1-2H3,(H,22,28)(H,23,27). The maximum atomic E-state index is 12.2. The molecule has 0 fully saturated rings. The molecule has 3 aromatic rings. The molecule has 3 rings (SSSR count). The van der Waals surface area contributed by atoms with Crippen LogP contribution in [0.5, 0.6) is 0 Å². The van der Waals surface area contributed by atoms with Crippen LogP contribution in [0.25, 0.3) is 0 Å². The molecule has 0 unspecified atom stereocenters. The molecule has 1 aromatic heterocycles. The molecule has 2 aromatic carbocycles. The molecule has 2 amide bonds. The van der Waals surface area contributed by atoms with Gasteiger partial charge >= 0.3 is 0 Å². The minimum Gasteiger partial charge on any atom is -0.345 e. The largest absolute Gasteiger partial charge is 0.345 e. The number of benzene rings is 2. The Bertz CT molecular complexity index is 1000. The Hall–Kier alpha value is -2.65. The van der Waals surface area contributed by atoms with Gasteiger partial charge in [-0.3, -0.25) is 9.59 Å². The number of nitrogens with zero attached hydrogens (tertiary/aromatic N) is 3. The van der Waals surface area contributed by atoms with Crippen molar-refractivity contribution in [2.24, 2.45) is 7.05 Å². The Balaban J connectivity index is 1.51. The third kappa shape index (κ3) is 5.91. The lowest BCUT2D eigenvalue weighted by atomic mass is 10.1. The number of anilines is 1. The molecule has 0 bridgehead atoms. The summed E-state index contributed by atoms with van der Waals surface area (Å²) >= 11 is 4.65.